The third-order valence-electron chi connectivity index (χ3n) is 5.06. The zero-order chi connectivity index (χ0) is 10.5. The lowest BCUT2D eigenvalue weighted by Crippen LogP contribution is -2.47. The molecule has 2 nitrogen and oxygen atoms in total. The highest BCUT2D eigenvalue weighted by Gasteiger charge is 2.51. The van der Waals surface area contributed by atoms with E-state index in [9.17, 15) is 4.79 Å². The smallest absolute Gasteiger partial charge is 0.225 e. The fourth-order valence-electron chi connectivity index (χ4n) is 4.73. The second-order valence-corrected chi connectivity index (χ2v) is 6.12. The maximum absolute atomic E-state index is 12.1. The highest BCUT2D eigenvalue weighted by molar-refractivity contribution is 5.82. The summed E-state index contributed by atoms with van der Waals surface area (Å²) in [6, 6.07) is 0. The lowest BCUT2D eigenvalue weighted by Gasteiger charge is -2.46. The molecule has 0 aromatic heterocycles. The Kier molecular flexibility index (Phi) is 2.08. The molecule has 4 saturated carbocycles. The van der Waals surface area contributed by atoms with Crippen LogP contribution in [0.2, 0.25) is 0 Å². The summed E-state index contributed by atoms with van der Waals surface area (Å²) >= 11 is 0. The van der Waals surface area contributed by atoms with Crippen molar-refractivity contribution in [1.29, 1.82) is 0 Å². The van der Waals surface area contributed by atoms with Gasteiger partial charge in [0.25, 0.3) is 0 Å². The van der Waals surface area contributed by atoms with E-state index in [1.54, 1.807) is 7.05 Å². The van der Waals surface area contributed by atoms with E-state index < -0.39 is 0 Å². The molecule has 2 heteroatoms. The summed E-state index contributed by atoms with van der Waals surface area (Å²) in [5, 5.41) is 2.91. The van der Waals surface area contributed by atoms with Crippen molar-refractivity contribution in [2.24, 2.45) is 23.2 Å². The Balaban J connectivity index is 1.93. The molecule has 4 aliphatic carbocycles. The minimum Gasteiger partial charge on any atom is -0.359 e. The van der Waals surface area contributed by atoms with Crippen LogP contribution >= 0.6 is 0 Å². The van der Waals surface area contributed by atoms with Crippen LogP contribution in [-0.4, -0.2) is 13.0 Å². The van der Waals surface area contributed by atoms with Crippen molar-refractivity contribution < 1.29 is 4.79 Å². The molecule has 0 aliphatic heterocycles. The van der Waals surface area contributed by atoms with Crippen LogP contribution in [0.3, 0.4) is 0 Å². The van der Waals surface area contributed by atoms with Crippen LogP contribution in [0.25, 0.3) is 0 Å². The first-order valence-corrected chi connectivity index (χ1v) is 6.44. The Hall–Kier alpha value is -0.530. The zero-order valence-corrected chi connectivity index (χ0v) is 9.59. The number of carbonyl (C=O) groups excluding carboxylic acids is 1. The SMILES string of the molecule is CNC(=O)C12CC3CCC(CC(C3)C1)C2. The fourth-order valence-corrected chi connectivity index (χ4v) is 4.73. The number of fused-ring (bicyclic) bond motifs is 1. The second kappa shape index (κ2) is 3.23. The van der Waals surface area contributed by atoms with Gasteiger partial charge in [-0.1, -0.05) is 12.8 Å². The number of carbonyl (C=O) groups is 1. The minimum absolute atomic E-state index is 0.0434. The van der Waals surface area contributed by atoms with Gasteiger partial charge in [0.15, 0.2) is 0 Å². The lowest BCUT2D eigenvalue weighted by molar-refractivity contribution is -0.138. The van der Waals surface area contributed by atoms with Gasteiger partial charge in [-0.25, -0.2) is 0 Å². The van der Waals surface area contributed by atoms with E-state index in [1.165, 1.54) is 44.9 Å². The molecule has 84 valence electrons. The van der Waals surface area contributed by atoms with Gasteiger partial charge in [-0.2, -0.15) is 0 Å². The first-order chi connectivity index (χ1) is 7.22. The Morgan fingerprint density at radius 2 is 1.60 bits per heavy atom. The maximum atomic E-state index is 12.1. The van der Waals surface area contributed by atoms with Crippen LogP contribution in [0.1, 0.15) is 44.9 Å². The monoisotopic (exact) mass is 207 g/mol. The number of amides is 1. The fraction of sp³-hybridized carbons (Fsp3) is 0.923. The van der Waals surface area contributed by atoms with Crippen molar-refractivity contribution in [3.8, 4) is 0 Å². The number of rotatable bonds is 1. The van der Waals surface area contributed by atoms with Gasteiger partial charge >= 0.3 is 0 Å². The van der Waals surface area contributed by atoms with Gasteiger partial charge in [0.05, 0.1) is 0 Å². The summed E-state index contributed by atoms with van der Waals surface area (Å²) < 4.78 is 0. The molecule has 0 aromatic carbocycles. The van der Waals surface area contributed by atoms with Crippen molar-refractivity contribution in [3.05, 3.63) is 0 Å². The third kappa shape index (κ3) is 1.41. The van der Waals surface area contributed by atoms with Crippen molar-refractivity contribution in [3.63, 3.8) is 0 Å². The van der Waals surface area contributed by atoms with Gasteiger partial charge in [0.2, 0.25) is 5.91 Å². The zero-order valence-electron chi connectivity index (χ0n) is 9.59. The molecule has 0 aromatic rings. The predicted octanol–water partition coefficient (Wildman–Crippen LogP) is 2.34. The Bertz CT molecular complexity index is 270. The van der Waals surface area contributed by atoms with E-state index in [1.807, 2.05) is 0 Å². The van der Waals surface area contributed by atoms with Gasteiger partial charge in [0, 0.05) is 12.5 Å². The Morgan fingerprint density at radius 1 is 1.07 bits per heavy atom. The van der Waals surface area contributed by atoms with Crippen LogP contribution in [0.15, 0.2) is 0 Å². The molecule has 2 atom stereocenters. The molecular weight excluding hydrogens is 186 g/mol. The summed E-state index contributed by atoms with van der Waals surface area (Å²) in [5.41, 5.74) is 0.0434. The largest absolute Gasteiger partial charge is 0.359 e. The van der Waals surface area contributed by atoms with Crippen molar-refractivity contribution in [2.75, 3.05) is 7.05 Å². The number of hydrogen-bond acceptors (Lipinski definition) is 1. The molecule has 4 rings (SSSR count). The summed E-state index contributed by atoms with van der Waals surface area (Å²) in [4.78, 5) is 12.1. The van der Waals surface area contributed by atoms with E-state index >= 15 is 0 Å². The first kappa shape index (κ1) is 9.68. The average Bonchev–Trinajstić information content (AvgIpc) is 2.44. The average molecular weight is 207 g/mol. The van der Waals surface area contributed by atoms with Gasteiger partial charge in [-0.05, 0) is 49.9 Å². The molecule has 4 bridgehead atoms. The van der Waals surface area contributed by atoms with Crippen LogP contribution in [0.4, 0.5) is 0 Å². The maximum Gasteiger partial charge on any atom is 0.225 e. The Morgan fingerprint density at radius 3 is 2.13 bits per heavy atom. The standard InChI is InChI=1S/C13H21NO/c1-14-12(15)13-6-9-2-3-10(7-13)5-11(4-9)8-13/h9-11H,2-8H2,1H3,(H,14,15). The highest BCUT2D eigenvalue weighted by Crippen LogP contribution is 2.57. The lowest BCUT2D eigenvalue weighted by atomic mass is 9.58. The molecule has 0 heterocycles. The normalized spacial score (nSPS) is 47.7. The summed E-state index contributed by atoms with van der Waals surface area (Å²) in [6.45, 7) is 0. The highest BCUT2D eigenvalue weighted by atomic mass is 16.2. The summed E-state index contributed by atoms with van der Waals surface area (Å²) in [7, 11) is 1.80. The molecule has 1 amide bonds. The van der Waals surface area contributed by atoms with Gasteiger partial charge in [-0.3, -0.25) is 4.79 Å². The predicted molar refractivity (Wildman–Crippen MR) is 59.3 cm³/mol. The summed E-state index contributed by atoms with van der Waals surface area (Å²) in [6.07, 6.45) is 9.14. The number of nitrogens with one attached hydrogen (secondary N) is 1. The molecule has 4 fully saturated rings. The molecule has 1 N–H and O–H groups in total. The van der Waals surface area contributed by atoms with E-state index in [-0.39, 0.29) is 5.41 Å². The molecule has 15 heavy (non-hydrogen) atoms. The molecular formula is C13H21NO. The van der Waals surface area contributed by atoms with E-state index in [4.69, 9.17) is 0 Å². The summed E-state index contributed by atoms with van der Waals surface area (Å²) in [5.74, 6) is 2.91. The first-order valence-electron chi connectivity index (χ1n) is 6.44. The quantitative estimate of drug-likeness (QED) is 0.702. The minimum atomic E-state index is 0.0434. The molecule has 0 radical (unpaired) electrons. The molecule has 2 unspecified atom stereocenters. The second-order valence-electron chi connectivity index (χ2n) is 6.12. The Labute approximate surface area is 91.8 Å². The van der Waals surface area contributed by atoms with Gasteiger partial charge in [-0.15, -0.1) is 0 Å². The van der Waals surface area contributed by atoms with Crippen molar-refractivity contribution in [1.82, 2.24) is 5.32 Å². The van der Waals surface area contributed by atoms with Gasteiger partial charge < -0.3 is 5.32 Å². The molecule has 0 spiro atoms. The van der Waals surface area contributed by atoms with Crippen molar-refractivity contribution in [2.45, 2.75) is 44.9 Å². The van der Waals surface area contributed by atoms with E-state index in [0.29, 0.717) is 5.91 Å². The van der Waals surface area contributed by atoms with Gasteiger partial charge in [0.1, 0.15) is 0 Å². The third-order valence-corrected chi connectivity index (χ3v) is 5.06. The molecule has 4 aliphatic rings. The van der Waals surface area contributed by atoms with E-state index in [2.05, 4.69) is 5.32 Å². The number of hydrogen-bond donors (Lipinski definition) is 1. The van der Waals surface area contributed by atoms with E-state index in [0.717, 1.165) is 17.8 Å². The van der Waals surface area contributed by atoms with Crippen LogP contribution in [0, 0.1) is 23.2 Å². The topological polar surface area (TPSA) is 29.1 Å². The van der Waals surface area contributed by atoms with Crippen LogP contribution in [0.5, 0.6) is 0 Å². The van der Waals surface area contributed by atoms with Crippen molar-refractivity contribution >= 4 is 5.91 Å². The van der Waals surface area contributed by atoms with Crippen LogP contribution < -0.4 is 5.32 Å². The van der Waals surface area contributed by atoms with Crippen LogP contribution in [-0.2, 0) is 4.79 Å². The molecule has 0 saturated heterocycles.